The Morgan fingerprint density at radius 3 is 2.77 bits per heavy atom. The molecular weight excluding hydrogens is 186 g/mol. The molecular formula is C9H15NO2S. The summed E-state index contributed by atoms with van der Waals surface area (Å²) in [5.41, 5.74) is 0. The Morgan fingerprint density at radius 2 is 2.23 bits per heavy atom. The molecule has 1 saturated carbocycles. The van der Waals surface area contributed by atoms with Crippen molar-refractivity contribution in [3.8, 4) is 0 Å². The summed E-state index contributed by atoms with van der Waals surface area (Å²) in [6, 6.07) is -0.327. The molecule has 3 nitrogen and oxygen atoms in total. The van der Waals surface area contributed by atoms with Crippen LogP contribution in [-0.2, 0) is 4.79 Å². The Labute approximate surface area is 82.3 Å². The number of carbonyl (C=O) groups is 1. The van der Waals surface area contributed by atoms with E-state index >= 15 is 0 Å². The molecule has 2 rings (SSSR count). The molecule has 1 aliphatic carbocycles. The maximum Gasteiger partial charge on any atom is 0.320 e. The lowest BCUT2D eigenvalue weighted by atomic mass is 10.1. The molecule has 2 aliphatic rings. The number of carboxylic acid groups (broad SMARTS) is 1. The second-order valence-electron chi connectivity index (χ2n) is 4.05. The van der Waals surface area contributed by atoms with Gasteiger partial charge in [-0.15, -0.1) is 11.8 Å². The first-order valence-electron chi connectivity index (χ1n) is 4.76. The molecule has 0 bridgehead atoms. The summed E-state index contributed by atoms with van der Waals surface area (Å²) in [4.78, 5) is 10.8. The second-order valence-corrected chi connectivity index (χ2v) is 5.60. The van der Waals surface area contributed by atoms with Crippen LogP contribution in [0.3, 0.4) is 0 Å². The van der Waals surface area contributed by atoms with Gasteiger partial charge in [-0.25, -0.2) is 0 Å². The van der Waals surface area contributed by atoms with E-state index in [9.17, 15) is 4.79 Å². The normalized spacial score (nSPS) is 40.2. The molecule has 4 heteroatoms. The first-order valence-corrected chi connectivity index (χ1v) is 5.75. The fraction of sp³-hybridized carbons (Fsp3) is 0.889. The van der Waals surface area contributed by atoms with Crippen LogP contribution in [0.2, 0.25) is 0 Å². The minimum absolute atomic E-state index is 0.0291. The first-order chi connectivity index (χ1) is 6.12. The van der Waals surface area contributed by atoms with E-state index in [1.165, 1.54) is 12.8 Å². The fourth-order valence-corrected chi connectivity index (χ4v) is 3.38. The van der Waals surface area contributed by atoms with Crippen molar-refractivity contribution in [1.29, 1.82) is 0 Å². The van der Waals surface area contributed by atoms with Crippen LogP contribution in [0.4, 0.5) is 0 Å². The smallest absolute Gasteiger partial charge is 0.320 e. The van der Waals surface area contributed by atoms with Crippen LogP contribution in [0.15, 0.2) is 0 Å². The van der Waals surface area contributed by atoms with Gasteiger partial charge in [0.1, 0.15) is 6.04 Å². The van der Waals surface area contributed by atoms with E-state index in [1.54, 1.807) is 0 Å². The summed E-state index contributed by atoms with van der Waals surface area (Å²) in [5.74, 6) is 0.962. The van der Waals surface area contributed by atoms with Crippen LogP contribution in [0.25, 0.3) is 0 Å². The monoisotopic (exact) mass is 201 g/mol. The molecule has 2 fully saturated rings. The van der Waals surface area contributed by atoms with E-state index < -0.39 is 5.97 Å². The van der Waals surface area contributed by atoms with Gasteiger partial charge in [-0.1, -0.05) is 0 Å². The Morgan fingerprint density at radius 1 is 1.54 bits per heavy atom. The van der Waals surface area contributed by atoms with Crippen molar-refractivity contribution in [2.24, 2.45) is 5.92 Å². The largest absolute Gasteiger partial charge is 0.480 e. The van der Waals surface area contributed by atoms with Crippen LogP contribution < -0.4 is 5.32 Å². The third kappa shape index (κ3) is 1.83. The van der Waals surface area contributed by atoms with Crippen molar-refractivity contribution in [2.45, 2.75) is 37.1 Å². The molecule has 1 aliphatic heterocycles. The molecule has 0 amide bonds. The number of nitrogens with one attached hydrogen (secondary N) is 1. The number of aliphatic carboxylic acids is 1. The van der Waals surface area contributed by atoms with Crippen LogP contribution in [0.1, 0.15) is 26.2 Å². The van der Waals surface area contributed by atoms with Crippen LogP contribution in [0, 0.1) is 5.92 Å². The molecule has 13 heavy (non-hydrogen) atoms. The van der Waals surface area contributed by atoms with Crippen molar-refractivity contribution in [3.05, 3.63) is 0 Å². The Kier molecular flexibility index (Phi) is 2.28. The lowest BCUT2D eigenvalue weighted by molar-refractivity contribution is -0.140. The average molecular weight is 201 g/mol. The predicted octanol–water partition coefficient (Wildman–Crippen LogP) is 1.29. The number of carboxylic acids is 1. The molecule has 0 aromatic heterocycles. The topological polar surface area (TPSA) is 49.3 Å². The van der Waals surface area contributed by atoms with Crippen LogP contribution in [0.5, 0.6) is 0 Å². The molecule has 0 radical (unpaired) electrons. The number of hydrogen-bond acceptors (Lipinski definition) is 3. The summed E-state index contributed by atoms with van der Waals surface area (Å²) in [7, 11) is 0. The van der Waals surface area contributed by atoms with Gasteiger partial charge in [0, 0.05) is 0 Å². The average Bonchev–Trinajstić information content (AvgIpc) is 2.86. The van der Waals surface area contributed by atoms with Crippen molar-refractivity contribution in [3.63, 3.8) is 0 Å². The molecule has 1 saturated heterocycles. The van der Waals surface area contributed by atoms with Gasteiger partial charge in [-0.2, -0.15) is 0 Å². The second kappa shape index (κ2) is 3.17. The standard InChI is InChI=1S/C9H15NO2S/c1-9(6-2-3-6)10-7(8(11)12)4-5-13-9/h6-7,10H,2-5H2,1H3,(H,11,12). The molecule has 0 spiro atoms. The van der Waals surface area contributed by atoms with E-state index in [-0.39, 0.29) is 10.9 Å². The quantitative estimate of drug-likeness (QED) is 0.707. The van der Waals surface area contributed by atoms with Crippen molar-refractivity contribution >= 4 is 17.7 Å². The van der Waals surface area contributed by atoms with Crippen molar-refractivity contribution in [1.82, 2.24) is 5.32 Å². The third-order valence-electron chi connectivity index (χ3n) is 2.92. The number of hydrogen-bond donors (Lipinski definition) is 2. The van der Waals surface area contributed by atoms with Gasteiger partial charge < -0.3 is 5.11 Å². The van der Waals surface area contributed by atoms with E-state index in [0.29, 0.717) is 5.92 Å². The first kappa shape index (κ1) is 9.34. The van der Waals surface area contributed by atoms with Crippen molar-refractivity contribution < 1.29 is 9.90 Å². The van der Waals surface area contributed by atoms with Gasteiger partial charge in [0.05, 0.1) is 4.87 Å². The van der Waals surface area contributed by atoms with Gasteiger partial charge >= 0.3 is 5.97 Å². The van der Waals surface area contributed by atoms with Gasteiger partial charge in [0.15, 0.2) is 0 Å². The van der Waals surface area contributed by atoms with Gasteiger partial charge in [0.2, 0.25) is 0 Å². The highest BCUT2D eigenvalue weighted by molar-refractivity contribution is 8.00. The van der Waals surface area contributed by atoms with E-state index in [4.69, 9.17) is 5.11 Å². The predicted molar refractivity (Wildman–Crippen MR) is 52.8 cm³/mol. The van der Waals surface area contributed by atoms with Crippen LogP contribution >= 0.6 is 11.8 Å². The molecule has 0 aromatic carbocycles. The zero-order chi connectivity index (χ0) is 9.47. The van der Waals surface area contributed by atoms with E-state index in [1.807, 2.05) is 11.8 Å². The molecule has 2 atom stereocenters. The Bertz CT molecular complexity index is 230. The lowest BCUT2D eigenvalue weighted by Gasteiger charge is -2.38. The minimum Gasteiger partial charge on any atom is -0.480 e. The zero-order valence-electron chi connectivity index (χ0n) is 7.75. The molecule has 2 unspecified atom stereocenters. The van der Waals surface area contributed by atoms with Crippen molar-refractivity contribution in [2.75, 3.05) is 5.75 Å². The summed E-state index contributed by atoms with van der Waals surface area (Å²) >= 11 is 1.88. The van der Waals surface area contributed by atoms with Gasteiger partial charge in [0.25, 0.3) is 0 Å². The zero-order valence-corrected chi connectivity index (χ0v) is 8.56. The van der Waals surface area contributed by atoms with Crippen LogP contribution in [-0.4, -0.2) is 27.7 Å². The molecule has 74 valence electrons. The van der Waals surface area contributed by atoms with E-state index in [2.05, 4.69) is 12.2 Å². The van der Waals surface area contributed by atoms with E-state index in [0.717, 1.165) is 12.2 Å². The molecule has 2 N–H and O–H groups in total. The highest BCUT2D eigenvalue weighted by Gasteiger charge is 2.45. The number of thioether (sulfide) groups is 1. The summed E-state index contributed by atoms with van der Waals surface area (Å²) in [6.07, 6.45) is 3.26. The molecule has 1 heterocycles. The number of rotatable bonds is 2. The summed E-state index contributed by atoms with van der Waals surface area (Å²) in [5, 5.41) is 12.2. The maximum absolute atomic E-state index is 10.8. The highest BCUT2D eigenvalue weighted by Crippen LogP contribution is 2.47. The maximum atomic E-state index is 10.8. The molecule has 0 aromatic rings. The minimum atomic E-state index is -0.702. The lowest BCUT2D eigenvalue weighted by Crippen LogP contribution is -2.54. The van der Waals surface area contributed by atoms with Gasteiger partial charge in [-0.05, 0) is 37.9 Å². The SMILES string of the molecule is CC1(C2CC2)NC(C(=O)O)CCS1. The summed E-state index contributed by atoms with van der Waals surface area (Å²) in [6.45, 7) is 2.14. The Balaban J connectivity index is 2.02. The third-order valence-corrected chi connectivity index (χ3v) is 4.41. The highest BCUT2D eigenvalue weighted by atomic mass is 32.2. The summed E-state index contributed by atoms with van der Waals surface area (Å²) < 4.78 is 0. The Hall–Kier alpha value is -0.220. The fourth-order valence-electron chi connectivity index (χ4n) is 1.90. The van der Waals surface area contributed by atoms with Gasteiger partial charge in [-0.3, -0.25) is 10.1 Å².